The highest BCUT2D eigenvalue weighted by molar-refractivity contribution is 5.34. The van der Waals surface area contributed by atoms with Gasteiger partial charge in [0, 0.05) is 13.0 Å². The first-order valence-corrected chi connectivity index (χ1v) is 3.64. The van der Waals surface area contributed by atoms with E-state index in [1.807, 2.05) is 0 Å². The lowest BCUT2D eigenvalue weighted by atomic mass is 9.99. The quantitative estimate of drug-likeness (QED) is 0.431. The van der Waals surface area contributed by atoms with Crippen molar-refractivity contribution in [3.05, 3.63) is 0 Å². The molecule has 0 aromatic rings. The number of ether oxygens (including phenoxy) is 1. The zero-order valence-corrected chi connectivity index (χ0v) is 5.68. The van der Waals surface area contributed by atoms with Crippen LogP contribution in [0.3, 0.4) is 0 Å². The van der Waals surface area contributed by atoms with E-state index in [0.717, 1.165) is 6.61 Å². The molecule has 0 aromatic carbocycles. The van der Waals surface area contributed by atoms with Gasteiger partial charge in [-0.2, -0.15) is 0 Å². The molecule has 0 amide bonds. The van der Waals surface area contributed by atoms with Gasteiger partial charge in [0.05, 0.1) is 12.1 Å². The molecule has 2 spiro atoms. The van der Waals surface area contributed by atoms with Crippen molar-refractivity contribution in [2.24, 2.45) is 0 Å². The van der Waals surface area contributed by atoms with E-state index in [4.69, 9.17) is 4.74 Å². The van der Waals surface area contributed by atoms with Crippen LogP contribution in [-0.2, 0) is 4.74 Å². The molecule has 3 aliphatic rings. The third-order valence-corrected chi connectivity index (χ3v) is 3.39. The van der Waals surface area contributed by atoms with Gasteiger partial charge in [-0.25, -0.2) is 0 Å². The van der Waals surface area contributed by atoms with Gasteiger partial charge in [0.15, 0.2) is 0 Å². The molecular weight excluding hydrogens is 114 g/mol. The summed E-state index contributed by atoms with van der Waals surface area (Å²) in [6, 6.07) is 0. The topological polar surface area (TPSA) is 15.8 Å². The van der Waals surface area contributed by atoms with E-state index < -0.39 is 0 Å². The largest absolute Gasteiger partial charge is 0.367 e. The van der Waals surface area contributed by atoms with Crippen LogP contribution in [0.4, 0.5) is 0 Å². The van der Waals surface area contributed by atoms with Crippen molar-refractivity contribution in [3.8, 4) is 0 Å². The molecule has 9 heavy (non-hydrogen) atoms. The van der Waals surface area contributed by atoms with E-state index in [1.165, 1.54) is 19.4 Å². The summed E-state index contributed by atoms with van der Waals surface area (Å²) >= 11 is 0. The van der Waals surface area contributed by atoms with Crippen molar-refractivity contribution in [3.63, 3.8) is 0 Å². The summed E-state index contributed by atoms with van der Waals surface area (Å²) in [6.07, 6.45) is 2.69. The SMILES string of the molecule is CN1CCC12CC21CO1. The van der Waals surface area contributed by atoms with Crippen LogP contribution in [0, 0.1) is 0 Å². The van der Waals surface area contributed by atoms with Crippen LogP contribution in [-0.4, -0.2) is 36.2 Å². The molecule has 3 rings (SSSR count). The molecule has 2 heteroatoms. The number of likely N-dealkylation sites (N-methyl/N-ethyl adjacent to an activating group) is 1. The summed E-state index contributed by atoms with van der Waals surface area (Å²) in [5.74, 6) is 0. The van der Waals surface area contributed by atoms with Gasteiger partial charge in [0.25, 0.3) is 0 Å². The van der Waals surface area contributed by atoms with E-state index in [9.17, 15) is 0 Å². The summed E-state index contributed by atoms with van der Waals surface area (Å²) in [7, 11) is 2.21. The molecule has 2 atom stereocenters. The smallest absolute Gasteiger partial charge is 0.112 e. The van der Waals surface area contributed by atoms with Gasteiger partial charge in [-0.3, -0.25) is 4.90 Å². The minimum Gasteiger partial charge on any atom is -0.367 e. The Morgan fingerprint density at radius 2 is 2.33 bits per heavy atom. The molecule has 2 heterocycles. The maximum absolute atomic E-state index is 5.39. The minimum absolute atomic E-state index is 0.389. The number of hydrogen-bond donors (Lipinski definition) is 0. The molecule has 0 N–H and O–H groups in total. The second-order valence-corrected chi connectivity index (χ2v) is 3.66. The fourth-order valence-electron chi connectivity index (χ4n) is 2.29. The molecule has 1 aliphatic carbocycles. The van der Waals surface area contributed by atoms with Crippen molar-refractivity contribution in [1.82, 2.24) is 4.90 Å². The van der Waals surface area contributed by atoms with Gasteiger partial charge in [-0.1, -0.05) is 0 Å². The zero-order valence-electron chi connectivity index (χ0n) is 5.68. The highest BCUT2D eigenvalue weighted by Gasteiger charge is 2.80. The van der Waals surface area contributed by atoms with E-state index in [0.29, 0.717) is 11.1 Å². The summed E-state index contributed by atoms with van der Waals surface area (Å²) in [5, 5.41) is 0. The van der Waals surface area contributed by atoms with Gasteiger partial charge >= 0.3 is 0 Å². The minimum atomic E-state index is 0.389. The maximum atomic E-state index is 5.39. The Morgan fingerprint density at radius 1 is 1.56 bits per heavy atom. The zero-order chi connectivity index (χ0) is 6.11. The van der Waals surface area contributed by atoms with E-state index in [1.54, 1.807) is 0 Å². The summed E-state index contributed by atoms with van der Waals surface area (Å²) in [6.45, 7) is 2.32. The lowest BCUT2D eigenvalue weighted by Crippen LogP contribution is -2.50. The number of nitrogens with zero attached hydrogens (tertiary/aromatic N) is 1. The van der Waals surface area contributed by atoms with Gasteiger partial charge in [-0.05, 0) is 13.5 Å². The molecular formula is C7H11NO. The van der Waals surface area contributed by atoms with Crippen LogP contribution >= 0.6 is 0 Å². The molecule has 0 radical (unpaired) electrons. The van der Waals surface area contributed by atoms with Gasteiger partial charge < -0.3 is 4.74 Å². The molecule has 0 aromatic heterocycles. The fourth-order valence-corrected chi connectivity index (χ4v) is 2.29. The Kier molecular flexibility index (Phi) is 0.498. The molecule has 50 valence electrons. The summed E-state index contributed by atoms with van der Waals surface area (Å²) in [5.41, 5.74) is 0.938. The number of likely N-dealkylation sites (tertiary alicyclic amines) is 1. The average molecular weight is 125 g/mol. The van der Waals surface area contributed by atoms with Crippen LogP contribution in [0.2, 0.25) is 0 Å². The van der Waals surface area contributed by atoms with Crippen LogP contribution < -0.4 is 0 Å². The van der Waals surface area contributed by atoms with Gasteiger partial charge in [-0.15, -0.1) is 0 Å². The number of fused-ring (bicyclic) bond motifs is 1. The predicted octanol–water partition coefficient (Wildman–Crippen LogP) is 0.233. The normalized spacial score (nSPS) is 62.3. The van der Waals surface area contributed by atoms with E-state index in [-0.39, 0.29) is 0 Å². The lowest BCUT2D eigenvalue weighted by Gasteiger charge is -2.38. The maximum Gasteiger partial charge on any atom is 0.112 e. The number of rotatable bonds is 0. The molecule has 0 bridgehead atoms. The monoisotopic (exact) mass is 125 g/mol. The first kappa shape index (κ1) is 4.69. The Bertz CT molecular complexity index is 176. The number of hydrogen-bond acceptors (Lipinski definition) is 2. The van der Waals surface area contributed by atoms with Crippen LogP contribution in [0.15, 0.2) is 0 Å². The standard InChI is InChI=1S/C7H11NO/c1-8-3-2-6(8)4-7(6)5-9-7/h2-5H2,1H3. The molecule has 2 aliphatic heterocycles. The van der Waals surface area contributed by atoms with Gasteiger partial charge in [0.1, 0.15) is 5.60 Å². The van der Waals surface area contributed by atoms with Crippen LogP contribution in [0.5, 0.6) is 0 Å². The lowest BCUT2D eigenvalue weighted by molar-refractivity contribution is 0.0787. The molecule has 2 saturated heterocycles. The van der Waals surface area contributed by atoms with Gasteiger partial charge in [0.2, 0.25) is 0 Å². The molecule has 3 fully saturated rings. The Labute approximate surface area is 54.8 Å². The third kappa shape index (κ3) is 0.310. The first-order valence-electron chi connectivity index (χ1n) is 3.64. The predicted molar refractivity (Wildman–Crippen MR) is 33.3 cm³/mol. The van der Waals surface area contributed by atoms with Crippen molar-refractivity contribution < 1.29 is 4.74 Å². The Morgan fingerprint density at radius 3 is 2.44 bits per heavy atom. The van der Waals surface area contributed by atoms with Crippen molar-refractivity contribution in [1.29, 1.82) is 0 Å². The van der Waals surface area contributed by atoms with E-state index in [2.05, 4.69) is 11.9 Å². The average Bonchev–Trinajstić information content (AvgIpc) is 2.71. The first-order chi connectivity index (χ1) is 4.29. The second-order valence-electron chi connectivity index (χ2n) is 3.66. The molecule has 2 unspecified atom stereocenters. The van der Waals surface area contributed by atoms with Crippen molar-refractivity contribution >= 4 is 0 Å². The summed E-state index contributed by atoms with van der Waals surface area (Å²) in [4.78, 5) is 2.44. The highest BCUT2D eigenvalue weighted by atomic mass is 16.6. The Hall–Kier alpha value is -0.0800. The second kappa shape index (κ2) is 0.956. The van der Waals surface area contributed by atoms with Crippen molar-refractivity contribution in [2.75, 3.05) is 20.2 Å². The Balaban J connectivity index is 1.92. The molecule has 1 saturated carbocycles. The third-order valence-electron chi connectivity index (χ3n) is 3.39. The highest BCUT2D eigenvalue weighted by Crippen LogP contribution is 2.67. The van der Waals surface area contributed by atoms with Crippen molar-refractivity contribution in [2.45, 2.75) is 24.0 Å². The molecule has 2 nitrogen and oxygen atoms in total. The summed E-state index contributed by atoms with van der Waals surface area (Å²) < 4.78 is 5.39. The number of epoxide rings is 1. The van der Waals surface area contributed by atoms with Crippen LogP contribution in [0.1, 0.15) is 12.8 Å². The van der Waals surface area contributed by atoms with Crippen LogP contribution in [0.25, 0.3) is 0 Å². The fraction of sp³-hybridized carbons (Fsp3) is 1.00. The van der Waals surface area contributed by atoms with E-state index >= 15 is 0 Å².